The molecule has 1 aromatic carbocycles. The molecule has 1 N–H and O–H groups in total. The number of aliphatic hydroxyl groups is 1. The van der Waals surface area contributed by atoms with Crippen molar-refractivity contribution in [2.75, 3.05) is 13.2 Å². The topological polar surface area (TPSA) is 23.5 Å². The van der Waals surface area contributed by atoms with Gasteiger partial charge in [0.05, 0.1) is 6.61 Å². The highest BCUT2D eigenvalue weighted by Crippen LogP contribution is 2.33. The molecule has 21 heavy (non-hydrogen) atoms. The van der Waals surface area contributed by atoms with E-state index >= 15 is 0 Å². The highest BCUT2D eigenvalue weighted by Gasteiger charge is 2.35. The van der Waals surface area contributed by atoms with E-state index in [9.17, 15) is 5.11 Å². The van der Waals surface area contributed by atoms with Gasteiger partial charge in [0.25, 0.3) is 0 Å². The van der Waals surface area contributed by atoms with Crippen molar-refractivity contribution in [3.05, 3.63) is 58.3 Å². The van der Waals surface area contributed by atoms with Crippen molar-refractivity contribution in [2.24, 2.45) is 0 Å². The average molecular weight is 301 g/mol. The Hall–Kier alpha value is -1.16. The summed E-state index contributed by atoms with van der Waals surface area (Å²) < 4.78 is 0. The minimum absolute atomic E-state index is 0.184. The lowest BCUT2D eigenvalue weighted by Gasteiger charge is -2.35. The molecule has 2 aromatic rings. The predicted molar refractivity (Wildman–Crippen MR) is 88.6 cm³/mol. The molecule has 1 unspecified atom stereocenters. The maximum atomic E-state index is 9.99. The number of benzene rings is 1. The second-order valence-electron chi connectivity index (χ2n) is 6.35. The van der Waals surface area contributed by atoms with E-state index in [1.54, 1.807) is 11.3 Å². The Labute approximate surface area is 131 Å². The van der Waals surface area contributed by atoms with Crippen LogP contribution in [0, 0.1) is 0 Å². The normalized spacial score (nSPS) is 17.9. The van der Waals surface area contributed by atoms with Crippen molar-refractivity contribution >= 4 is 11.3 Å². The Kier molecular flexibility index (Phi) is 4.43. The van der Waals surface area contributed by atoms with E-state index in [1.165, 1.54) is 24.0 Å². The summed E-state index contributed by atoms with van der Waals surface area (Å²) in [6, 6.07) is 13.3. The van der Waals surface area contributed by atoms with Gasteiger partial charge in [0.15, 0.2) is 0 Å². The van der Waals surface area contributed by atoms with Crippen LogP contribution < -0.4 is 0 Å². The summed E-state index contributed by atoms with van der Waals surface area (Å²) in [5, 5.41) is 14.4. The number of aliphatic hydroxyl groups excluding tert-OH is 1. The highest BCUT2D eigenvalue weighted by atomic mass is 32.1. The molecule has 1 fully saturated rings. The number of rotatable bonds is 7. The second kappa shape index (κ2) is 6.30. The first-order valence-electron chi connectivity index (χ1n) is 7.63. The summed E-state index contributed by atoms with van der Waals surface area (Å²) in [6.45, 7) is 4.26. The van der Waals surface area contributed by atoms with E-state index in [0.717, 1.165) is 13.1 Å². The van der Waals surface area contributed by atoms with Gasteiger partial charge in [0.1, 0.15) is 0 Å². The second-order valence-corrected chi connectivity index (χ2v) is 7.13. The number of hydrogen-bond donors (Lipinski definition) is 1. The third kappa shape index (κ3) is 3.54. The first kappa shape index (κ1) is 14.8. The zero-order valence-electron chi connectivity index (χ0n) is 12.5. The Bertz CT molecular complexity index is 550. The molecule has 1 aliphatic rings. The number of nitrogens with zero attached hydrogens (tertiary/aromatic N) is 1. The van der Waals surface area contributed by atoms with E-state index in [-0.39, 0.29) is 12.0 Å². The van der Waals surface area contributed by atoms with Crippen LogP contribution in [0.15, 0.2) is 47.2 Å². The Balaban J connectivity index is 1.77. The third-order valence-electron chi connectivity index (χ3n) is 4.40. The van der Waals surface area contributed by atoms with E-state index in [0.29, 0.717) is 6.04 Å². The van der Waals surface area contributed by atoms with Gasteiger partial charge >= 0.3 is 0 Å². The van der Waals surface area contributed by atoms with Crippen molar-refractivity contribution in [3.63, 3.8) is 0 Å². The Morgan fingerprint density at radius 2 is 2.00 bits per heavy atom. The first-order chi connectivity index (χ1) is 10.2. The lowest BCUT2D eigenvalue weighted by Crippen LogP contribution is -2.42. The summed E-state index contributed by atoms with van der Waals surface area (Å²) in [5.74, 6) is 0. The van der Waals surface area contributed by atoms with Gasteiger partial charge in [0, 0.05) is 24.5 Å². The van der Waals surface area contributed by atoms with Gasteiger partial charge in [-0.2, -0.15) is 11.3 Å². The first-order valence-corrected chi connectivity index (χ1v) is 8.57. The van der Waals surface area contributed by atoms with E-state index in [1.807, 2.05) is 6.07 Å². The van der Waals surface area contributed by atoms with Crippen LogP contribution in [0.1, 0.15) is 30.9 Å². The minimum Gasteiger partial charge on any atom is -0.395 e. The van der Waals surface area contributed by atoms with Crippen LogP contribution in [0.3, 0.4) is 0 Å². The van der Waals surface area contributed by atoms with Crippen LogP contribution in [0.2, 0.25) is 0 Å². The maximum Gasteiger partial charge on any atom is 0.0537 e. The molecular weight excluding hydrogens is 278 g/mol. The van der Waals surface area contributed by atoms with Gasteiger partial charge in [-0.15, -0.1) is 0 Å². The molecule has 0 radical (unpaired) electrons. The molecule has 3 rings (SSSR count). The van der Waals surface area contributed by atoms with E-state index in [4.69, 9.17) is 0 Å². The quantitative estimate of drug-likeness (QED) is 0.843. The summed E-state index contributed by atoms with van der Waals surface area (Å²) in [7, 11) is 0. The van der Waals surface area contributed by atoms with Gasteiger partial charge in [-0.05, 0) is 40.8 Å². The van der Waals surface area contributed by atoms with Crippen LogP contribution in [0.5, 0.6) is 0 Å². The fourth-order valence-electron chi connectivity index (χ4n) is 2.89. The van der Waals surface area contributed by atoms with Crippen molar-refractivity contribution in [3.8, 4) is 0 Å². The maximum absolute atomic E-state index is 9.99. The standard InChI is InChI=1S/C18H23NOS/c1-18(14-20,16-5-3-2-4-6-16)13-19(17-7-8-17)11-15-9-10-21-12-15/h2-6,9-10,12,17,20H,7-8,11,13-14H2,1H3. The van der Waals surface area contributed by atoms with Crippen molar-refractivity contribution < 1.29 is 5.11 Å². The molecule has 1 aliphatic carbocycles. The summed E-state index contributed by atoms with van der Waals surface area (Å²) in [6.07, 6.45) is 2.58. The molecule has 1 saturated carbocycles. The van der Waals surface area contributed by atoms with Crippen molar-refractivity contribution in [1.29, 1.82) is 0 Å². The number of hydrogen-bond acceptors (Lipinski definition) is 3. The molecule has 0 aliphatic heterocycles. The minimum atomic E-state index is -0.195. The van der Waals surface area contributed by atoms with Crippen LogP contribution in [-0.4, -0.2) is 29.2 Å². The van der Waals surface area contributed by atoms with E-state index in [2.05, 4.69) is 52.9 Å². The van der Waals surface area contributed by atoms with Gasteiger partial charge < -0.3 is 5.11 Å². The van der Waals surface area contributed by atoms with Crippen LogP contribution >= 0.6 is 11.3 Å². The predicted octanol–water partition coefficient (Wildman–Crippen LogP) is 3.66. The van der Waals surface area contributed by atoms with Gasteiger partial charge in [0.2, 0.25) is 0 Å². The van der Waals surface area contributed by atoms with Crippen LogP contribution in [0.4, 0.5) is 0 Å². The Morgan fingerprint density at radius 3 is 2.57 bits per heavy atom. The van der Waals surface area contributed by atoms with Gasteiger partial charge in [-0.25, -0.2) is 0 Å². The molecule has 0 bridgehead atoms. The van der Waals surface area contributed by atoms with Gasteiger partial charge in [-0.3, -0.25) is 4.90 Å². The molecular formula is C18H23NOS. The zero-order valence-corrected chi connectivity index (χ0v) is 13.4. The molecule has 0 saturated heterocycles. The Morgan fingerprint density at radius 1 is 1.24 bits per heavy atom. The van der Waals surface area contributed by atoms with Gasteiger partial charge in [-0.1, -0.05) is 37.3 Å². The third-order valence-corrected chi connectivity index (χ3v) is 5.13. The van der Waals surface area contributed by atoms with Crippen molar-refractivity contribution in [2.45, 2.75) is 37.8 Å². The molecule has 3 heteroatoms. The smallest absolute Gasteiger partial charge is 0.0537 e. The molecule has 1 atom stereocenters. The number of thiophene rings is 1. The fourth-order valence-corrected chi connectivity index (χ4v) is 3.55. The molecule has 2 nitrogen and oxygen atoms in total. The average Bonchev–Trinajstić information content (AvgIpc) is 3.25. The molecule has 1 aromatic heterocycles. The van der Waals surface area contributed by atoms with Crippen LogP contribution in [-0.2, 0) is 12.0 Å². The lowest BCUT2D eigenvalue weighted by molar-refractivity contribution is 0.134. The van der Waals surface area contributed by atoms with Crippen molar-refractivity contribution in [1.82, 2.24) is 4.90 Å². The molecule has 0 spiro atoms. The fraction of sp³-hybridized carbons (Fsp3) is 0.444. The molecule has 0 amide bonds. The highest BCUT2D eigenvalue weighted by molar-refractivity contribution is 7.07. The summed E-state index contributed by atoms with van der Waals surface area (Å²) >= 11 is 1.76. The molecule has 1 heterocycles. The summed E-state index contributed by atoms with van der Waals surface area (Å²) in [4.78, 5) is 2.55. The lowest BCUT2D eigenvalue weighted by atomic mass is 9.82. The summed E-state index contributed by atoms with van der Waals surface area (Å²) in [5.41, 5.74) is 2.42. The largest absolute Gasteiger partial charge is 0.395 e. The molecule has 112 valence electrons. The monoisotopic (exact) mass is 301 g/mol. The van der Waals surface area contributed by atoms with E-state index < -0.39 is 0 Å². The SMILES string of the molecule is CC(CO)(CN(Cc1ccsc1)C1CC1)c1ccccc1. The zero-order chi connectivity index (χ0) is 14.7. The van der Waals surface area contributed by atoms with Crippen LogP contribution in [0.25, 0.3) is 0 Å².